The topological polar surface area (TPSA) is 71.1 Å². The first-order chi connectivity index (χ1) is 10.1. The number of rotatable bonds is 4. The van der Waals surface area contributed by atoms with Gasteiger partial charge in [-0.3, -0.25) is 9.59 Å². The van der Waals surface area contributed by atoms with Gasteiger partial charge in [-0.25, -0.2) is 4.98 Å². The molecule has 0 saturated carbocycles. The molecule has 0 aliphatic rings. The van der Waals surface area contributed by atoms with Gasteiger partial charge >= 0.3 is 0 Å². The predicted octanol–water partition coefficient (Wildman–Crippen LogP) is 2.38. The Hall–Kier alpha value is -2.21. The molecule has 1 aromatic carbocycles. The van der Waals surface area contributed by atoms with Crippen molar-refractivity contribution in [1.82, 2.24) is 10.3 Å². The van der Waals surface area contributed by atoms with E-state index in [4.69, 9.17) is 0 Å². The van der Waals surface area contributed by atoms with E-state index in [-0.39, 0.29) is 11.8 Å². The first kappa shape index (κ1) is 15.2. The minimum atomic E-state index is -0.228. The summed E-state index contributed by atoms with van der Waals surface area (Å²) in [6.07, 6.45) is 1.82. The van der Waals surface area contributed by atoms with Crippen molar-refractivity contribution in [2.75, 3.05) is 12.4 Å². The molecule has 0 spiro atoms. The van der Waals surface area contributed by atoms with E-state index in [0.717, 1.165) is 5.56 Å². The molecule has 0 fully saturated rings. The Balaban J connectivity index is 2.01. The summed E-state index contributed by atoms with van der Waals surface area (Å²) in [6, 6.07) is 10.5. The van der Waals surface area contributed by atoms with Crippen LogP contribution in [0.3, 0.4) is 0 Å². The van der Waals surface area contributed by atoms with Gasteiger partial charge in [0.05, 0.1) is 12.0 Å². The number of carbonyl (C=O) groups is 2. The summed E-state index contributed by atoms with van der Waals surface area (Å²) < 4.78 is 0.678. The van der Waals surface area contributed by atoms with Crippen molar-refractivity contribution in [3.05, 3.63) is 58.3 Å². The van der Waals surface area contributed by atoms with Gasteiger partial charge in [-0.05, 0) is 45.8 Å². The first-order valence-electron chi connectivity index (χ1n) is 6.31. The van der Waals surface area contributed by atoms with Gasteiger partial charge in [-0.15, -0.1) is 0 Å². The Morgan fingerprint density at radius 3 is 2.43 bits per heavy atom. The maximum Gasteiger partial charge on any atom is 0.257 e. The zero-order valence-corrected chi connectivity index (χ0v) is 13.0. The largest absolute Gasteiger partial charge is 0.359 e. The second-order valence-electron chi connectivity index (χ2n) is 4.37. The lowest BCUT2D eigenvalue weighted by Crippen LogP contribution is -2.19. The van der Waals surface area contributed by atoms with Gasteiger partial charge in [-0.2, -0.15) is 0 Å². The summed E-state index contributed by atoms with van der Waals surface area (Å²) in [6.45, 7) is 0. The number of amides is 2. The lowest BCUT2D eigenvalue weighted by molar-refractivity contribution is -0.119. The smallest absolute Gasteiger partial charge is 0.257 e. The average Bonchev–Trinajstić information content (AvgIpc) is 2.49. The molecule has 2 amide bonds. The molecule has 0 aliphatic heterocycles. The zero-order valence-electron chi connectivity index (χ0n) is 11.4. The number of benzene rings is 1. The van der Waals surface area contributed by atoms with Crippen LogP contribution in [-0.4, -0.2) is 23.8 Å². The van der Waals surface area contributed by atoms with Crippen LogP contribution in [0.5, 0.6) is 0 Å². The fourth-order valence-corrected chi connectivity index (χ4v) is 1.93. The van der Waals surface area contributed by atoms with Gasteiger partial charge in [0, 0.05) is 18.9 Å². The fraction of sp³-hybridized carbons (Fsp3) is 0.133. The summed E-state index contributed by atoms with van der Waals surface area (Å²) in [5.41, 5.74) is 2.04. The van der Waals surface area contributed by atoms with Crippen LogP contribution in [0.25, 0.3) is 0 Å². The SMILES string of the molecule is CNC(=O)Cc1ccc(NC(=O)c2ccc(Br)nc2)cc1. The molecular weight excluding hydrogens is 334 g/mol. The third-order valence-electron chi connectivity index (χ3n) is 2.84. The second kappa shape index (κ2) is 6.99. The van der Waals surface area contributed by atoms with Crippen molar-refractivity contribution in [2.24, 2.45) is 0 Å². The molecule has 0 radical (unpaired) electrons. The van der Waals surface area contributed by atoms with E-state index in [0.29, 0.717) is 22.3 Å². The summed E-state index contributed by atoms with van der Waals surface area (Å²) in [4.78, 5) is 27.3. The molecule has 0 aliphatic carbocycles. The highest BCUT2D eigenvalue weighted by molar-refractivity contribution is 9.10. The van der Waals surface area contributed by atoms with Crippen LogP contribution in [-0.2, 0) is 11.2 Å². The number of likely N-dealkylation sites (N-methyl/N-ethyl adjacent to an activating group) is 1. The summed E-state index contributed by atoms with van der Waals surface area (Å²) in [5.74, 6) is -0.276. The highest BCUT2D eigenvalue weighted by Crippen LogP contribution is 2.12. The van der Waals surface area contributed by atoms with Crippen molar-refractivity contribution in [1.29, 1.82) is 0 Å². The maximum absolute atomic E-state index is 12.0. The number of nitrogens with one attached hydrogen (secondary N) is 2. The number of anilines is 1. The Morgan fingerprint density at radius 2 is 1.86 bits per heavy atom. The van der Waals surface area contributed by atoms with Crippen molar-refractivity contribution in [3.63, 3.8) is 0 Å². The van der Waals surface area contributed by atoms with Crippen molar-refractivity contribution in [3.8, 4) is 0 Å². The normalized spacial score (nSPS) is 10.0. The molecule has 1 aromatic heterocycles. The van der Waals surface area contributed by atoms with Crippen molar-refractivity contribution in [2.45, 2.75) is 6.42 Å². The third kappa shape index (κ3) is 4.39. The van der Waals surface area contributed by atoms with Crippen LogP contribution in [0.1, 0.15) is 15.9 Å². The third-order valence-corrected chi connectivity index (χ3v) is 3.31. The predicted molar refractivity (Wildman–Crippen MR) is 84.1 cm³/mol. The van der Waals surface area contributed by atoms with Gasteiger partial charge in [0.1, 0.15) is 4.60 Å². The van der Waals surface area contributed by atoms with Gasteiger partial charge in [0.2, 0.25) is 5.91 Å². The van der Waals surface area contributed by atoms with E-state index in [1.807, 2.05) is 12.1 Å². The highest BCUT2D eigenvalue weighted by atomic mass is 79.9. The molecule has 0 unspecified atom stereocenters. The van der Waals surface area contributed by atoms with Gasteiger partial charge in [0.25, 0.3) is 5.91 Å². The van der Waals surface area contributed by atoms with Crippen LogP contribution in [0.2, 0.25) is 0 Å². The molecule has 21 heavy (non-hydrogen) atoms. The number of hydrogen-bond acceptors (Lipinski definition) is 3. The Kier molecular flexibility index (Phi) is 5.05. The van der Waals surface area contributed by atoms with Gasteiger partial charge in [-0.1, -0.05) is 12.1 Å². The van der Waals surface area contributed by atoms with Gasteiger partial charge < -0.3 is 10.6 Å². The maximum atomic E-state index is 12.0. The molecule has 2 aromatic rings. The van der Waals surface area contributed by atoms with E-state index in [2.05, 4.69) is 31.5 Å². The average molecular weight is 348 g/mol. The quantitative estimate of drug-likeness (QED) is 0.834. The molecule has 2 rings (SSSR count). The van der Waals surface area contributed by atoms with Gasteiger partial charge in [0.15, 0.2) is 0 Å². The first-order valence-corrected chi connectivity index (χ1v) is 7.10. The molecule has 6 heteroatoms. The van der Waals surface area contributed by atoms with Crippen LogP contribution in [0, 0.1) is 0 Å². The van der Waals surface area contributed by atoms with E-state index in [1.165, 1.54) is 6.20 Å². The zero-order chi connectivity index (χ0) is 15.2. The molecular formula is C15H14BrN3O2. The van der Waals surface area contributed by atoms with Crippen molar-refractivity contribution >= 4 is 33.4 Å². The van der Waals surface area contributed by atoms with E-state index in [1.54, 1.807) is 31.3 Å². The number of carbonyl (C=O) groups excluding carboxylic acids is 2. The minimum Gasteiger partial charge on any atom is -0.359 e. The fourth-order valence-electron chi connectivity index (χ4n) is 1.69. The van der Waals surface area contributed by atoms with Crippen molar-refractivity contribution < 1.29 is 9.59 Å². The Bertz CT molecular complexity index is 639. The molecule has 0 atom stereocenters. The number of hydrogen-bond donors (Lipinski definition) is 2. The van der Waals surface area contributed by atoms with Crippen LogP contribution in [0.4, 0.5) is 5.69 Å². The summed E-state index contributed by atoms with van der Waals surface area (Å²) in [5, 5.41) is 5.34. The number of pyridine rings is 1. The lowest BCUT2D eigenvalue weighted by Gasteiger charge is -2.06. The molecule has 5 nitrogen and oxygen atoms in total. The molecule has 2 N–H and O–H groups in total. The highest BCUT2D eigenvalue weighted by Gasteiger charge is 2.07. The molecule has 1 heterocycles. The van der Waals surface area contributed by atoms with E-state index in [9.17, 15) is 9.59 Å². The van der Waals surface area contributed by atoms with E-state index < -0.39 is 0 Å². The number of halogens is 1. The molecule has 108 valence electrons. The monoisotopic (exact) mass is 347 g/mol. The molecule has 0 bridgehead atoms. The second-order valence-corrected chi connectivity index (χ2v) is 5.18. The van der Waals surface area contributed by atoms with Crippen LogP contribution in [0.15, 0.2) is 47.2 Å². The standard InChI is InChI=1S/C15H14BrN3O2/c1-17-14(20)8-10-2-5-12(6-3-10)19-15(21)11-4-7-13(16)18-9-11/h2-7,9H,8H2,1H3,(H,17,20)(H,19,21). The number of nitrogens with zero attached hydrogens (tertiary/aromatic N) is 1. The lowest BCUT2D eigenvalue weighted by atomic mass is 10.1. The Labute approximate surface area is 130 Å². The Morgan fingerprint density at radius 1 is 1.14 bits per heavy atom. The van der Waals surface area contributed by atoms with E-state index >= 15 is 0 Å². The number of aromatic nitrogens is 1. The molecule has 0 saturated heterocycles. The summed E-state index contributed by atoms with van der Waals surface area (Å²) >= 11 is 3.22. The van der Waals surface area contributed by atoms with Crippen LogP contribution >= 0.6 is 15.9 Å². The minimum absolute atomic E-state index is 0.0484. The summed E-state index contributed by atoms with van der Waals surface area (Å²) in [7, 11) is 1.60. The van der Waals surface area contributed by atoms with Crippen LogP contribution < -0.4 is 10.6 Å².